The van der Waals surface area contributed by atoms with Crippen molar-refractivity contribution in [3.05, 3.63) is 65.2 Å². The third kappa shape index (κ3) is 2.00. The van der Waals surface area contributed by atoms with Crippen LogP contribution >= 0.6 is 0 Å². The third-order valence-corrected chi connectivity index (χ3v) is 4.85. The lowest BCUT2D eigenvalue weighted by molar-refractivity contribution is -0.142. The number of aryl methyl sites for hydroxylation is 1. The highest BCUT2D eigenvalue weighted by Crippen LogP contribution is 2.49. The maximum Gasteiger partial charge on any atom is 0.314 e. The Labute approximate surface area is 129 Å². The number of carbonyl (C=O) groups is 1. The van der Waals surface area contributed by atoms with Crippen LogP contribution in [0.15, 0.2) is 48.5 Å². The van der Waals surface area contributed by atoms with Crippen molar-refractivity contribution in [2.75, 3.05) is 7.11 Å². The van der Waals surface area contributed by atoms with Crippen LogP contribution in [0.2, 0.25) is 0 Å². The molecule has 1 heterocycles. The van der Waals surface area contributed by atoms with E-state index in [0.29, 0.717) is 0 Å². The standard InChI is InChI=1S/C19H18O3/c1-21-14-9-7-12-8-10-16-18(15(12)11-14)17(19(20)22-16)13-5-3-2-4-6-13/h2-7,9,11,16-18H,8,10H2,1H3/t16-,17+,18+/m0/s1. The lowest BCUT2D eigenvalue weighted by atomic mass is 9.73. The Morgan fingerprint density at radius 3 is 2.73 bits per heavy atom. The van der Waals surface area contributed by atoms with Gasteiger partial charge < -0.3 is 9.47 Å². The average molecular weight is 294 g/mol. The van der Waals surface area contributed by atoms with Crippen LogP contribution in [0.3, 0.4) is 0 Å². The van der Waals surface area contributed by atoms with E-state index in [0.717, 1.165) is 24.2 Å². The molecule has 2 aliphatic rings. The summed E-state index contributed by atoms with van der Waals surface area (Å²) in [4.78, 5) is 12.5. The van der Waals surface area contributed by atoms with E-state index in [9.17, 15) is 4.79 Å². The molecule has 1 fully saturated rings. The average Bonchev–Trinajstić information content (AvgIpc) is 2.91. The molecule has 0 spiro atoms. The lowest BCUT2D eigenvalue weighted by Crippen LogP contribution is -2.24. The normalized spacial score (nSPS) is 26.0. The van der Waals surface area contributed by atoms with Crippen LogP contribution < -0.4 is 4.74 Å². The van der Waals surface area contributed by atoms with Crippen LogP contribution in [0, 0.1) is 0 Å². The van der Waals surface area contributed by atoms with Gasteiger partial charge in [0.1, 0.15) is 11.9 Å². The minimum Gasteiger partial charge on any atom is -0.497 e. The van der Waals surface area contributed by atoms with Crippen molar-refractivity contribution in [2.45, 2.75) is 30.8 Å². The Bertz CT molecular complexity index is 708. The number of methoxy groups -OCH3 is 1. The summed E-state index contributed by atoms with van der Waals surface area (Å²) in [5.74, 6) is 0.619. The van der Waals surface area contributed by atoms with E-state index >= 15 is 0 Å². The molecule has 0 bridgehead atoms. The van der Waals surface area contributed by atoms with E-state index in [4.69, 9.17) is 9.47 Å². The highest BCUT2D eigenvalue weighted by molar-refractivity contribution is 5.83. The maximum atomic E-state index is 12.5. The quantitative estimate of drug-likeness (QED) is 0.796. The van der Waals surface area contributed by atoms with E-state index in [1.54, 1.807) is 7.11 Å². The van der Waals surface area contributed by atoms with Crippen molar-refractivity contribution in [3.8, 4) is 5.75 Å². The summed E-state index contributed by atoms with van der Waals surface area (Å²) >= 11 is 0. The van der Waals surface area contributed by atoms with Gasteiger partial charge in [-0.2, -0.15) is 0 Å². The first-order valence-corrected chi connectivity index (χ1v) is 7.70. The fraction of sp³-hybridized carbons (Fsp3) is 0.316. The van der Waals surface area contributed by atoms with E-state index in [1.165, 1.54) is 11.1 Å². The van der Waals surface area contributed by atoms with Crippen LogP contribution in [0.1, 0.15) is 34.9 Å². The number of esters is 1. The second kappa shape index (κ2) is 5.16. The van der Waals surface area contributed by atoms with E-state index in [-0.39, 0.29) is 23.9 Å². The summed E-state index contributed by atoms with van der Waals surface area (Å²) < 4.78 is 11.1. The van der Waals surface area contributed by atoms with E-state index < -0.39 is 0 Å². The molecule has 112 valence electrons. The SMILES string of the molecule is COc1ccc2c(c1)[C@@H]1[C@H](CC2)OC(=O)[C@@H]1c1ccccc1. The molecule has 3 nitrogen and oxygen atoms in total. The Morgan fingerprint density at radius 1 is 1.14 bits per heavy atom. The number of rotatable bonds is 2. The molecule has 3 atom stereocenters. The van der Waals surface area contributed by atoms with E-state index in [1.807, 2.05) is 36.4 Å². The van der Waals surface area contributed by atoms with Crippen LogP contribution in [0.25, 0.3) is 0 Å². The molecule has 0 aromatic heterocycles. The van der Waals surface area contributed by atoms with Gasteiger partial charge in [0.05, 0.1) is 13.0 Å². The zero-order valence-corrected chi connectivity index (χ0v) is 12.5. The number of hydrogen-bond donors (Lipinski definition) is 0. The van der Waals surface area contributed by atoms with Crippen LogP contribution in [-0.2, 0) is 16.0 Å². The fourth-order valence-corrected chi connectivity index (χ4v) is 3.81. The molecule has 0 radical (unpaired) electrons. The molecule has 1 saturated heterocycles. The highest BCUT2D eigenvalue weighted by Gasteiger charge is 2.48. The second-order valence-electron chi connectivity index (χ2n) is 5.99. The minimum atomic E-state index is -0.211. The molecule has 2 aromatic rings. The molecule has 0 N–H and O–H groups in total. The van der Waals surface area contributed by atoms with Gasteiger partial charge in [0, 0.05) is 5.92 Å². The van der Waals surface area contributed by atoms with Crippen molar-refractivity contribution < 1.29 is 14.3 Å². The molecule has 1 aliphatic carbocycles. The minimum absolute atomic E-state index is 0.0164. The zero-order chi connectivity index (χ0) is 15.1. The molecule has 0 unspecified atom stereocenters. The van der Waals surface area contributed by atoms with Crippen LogP contribution in [0.5, 0.6) is 5.75 Å². The molecule has 1 aliphatic heterocycles. The van der Waals surface area contributed by atoms with Crippen molar-refractivity contribution in [1.82, 2.24) is 0 Å². The molecule has 22 heavy (non-hydrogen) atoms. The zero-order valence-electron chi connectivity index (χ0n) is 12.5. The number of carbonyl (C=O) groups excluding carboxylic acids is 1. The Morgan fingerprint density at radius 2 is 1.95 bits per heavy atom. The van der Waals surface area contributed by atoms with Gasteiger partial charge in [0.25, 0.3) is 0 Å². The summed E-state index contributed by atoms with van der Waals surface area (Å²) in [6.45, 7) is 0. The van der Waals surface area contributed by atoms with Crippen LogP contribution in [-0.4, -0.2) is 19.2 Å². The van der Waals surface area contributed by atoms with Gasteiger partial charge in [-0.05, 0) is 41.7 Å². The first kappa shape index (κ1) is 13.4. The Kier molecular flexibility index (Phi) is 3.14. The van der Waals surface area contributed by atoms with Crippen molar-refractivity contribution in [2.24, 2.45) is 0 Å². The van der Waals surface area contributed by atoms with Gasteiger partial charge >= 0.3 is 5.97 Å². The van der Waals surface area contributed by atoms with Gasteiger partial charge in [-0.15, -0.1) is 0 Å². The number of hydrogen-bond acceptors (Lipinski definition) is 3. The molecule has 3 heteroatoms. The van der Waals surface area contributed by atoms with Gasteiger partial charge in [-0.25, -0.2) is 0 Å². The van der Waals surface area contributed by atoms with E-state index in [2.05, 4.69) is 12.1 Å². The number of ether oxygens (including phenoxy) is 2. The summed E-state index contributed by atoms with van der Waals surface area (Å²) in [6, 6.07) is 16.1. The predicted octanol–water partition coefficient (Wildman–Crippen LogP) is 3.43. The first-order chi connectivity index (χ1) is 10.8. The van der Waals surface area contributed by atoms with Gasteiger partial charge in [-0.3, -0.25) is 4.79 Å². The predicted molar refractivity (Wildman–Crippen MR) is 83.1 cm³/mol. The molecule has 4 rings (SSSR count). The first-order valence-electron chi connectivity index (χ1n) is 7.70. The summed E-state index contributed by atoms with van der Waals surface area (Å²) in [5, 5.41) is 0. The molecule has 2 aromatic carbocycles. The monoisotopic (exact) mass is 294 g/mol. The van der Waals surface area contributed by atoms with Gasteiger partial charge in [0.2, 0.25) is 0 Å². The van der Waals surface area contributed by atoms with Gasteiger partial charge in [-0.1, -0.05) is 36.4 Å². The summed E-state index contributed by atoms with van der Waals surface area (Å²) in [5.41, 5.74) is 3.55. The summed E-state index contributed by atoms with van der Waals surface area (Å²) in [6.07, 6.45) is 1.84. The molecule has 0 amide bonds. The number of fused-ring (bicyclic) bond motifs is 3. The molecular weight excluding hydrogens is 276 g/mol. The van der Waals surface area contributed by atoms with Crippen LogP contribution in [0.4, 0.5) is 0 Å². The van der Waals surface area contributed by atoms with Crippen molar-refractivity contribution in [3.63, 3.8) is 0 Å². The largest absolute Gasteiger partial charge is 0.497 e. The summed E-state index contributed by atoms with van der Waals surface area (Å²) in [7, 11) is 1.67. The van der Waals surface area contributed by atoms with Crippen molar-refractivity contribution in [1.29, 1.82) is 0 Å². The maximum absolute atomic E-state index is 12.5. The topological polar surface area (TPSA) is 35.5 Å². The highest BCUT2D eigenvalue weighted by atomic mass is 16.6. The molecular formula is C19H18O3. The molecule has 0 saturated carbocycles. The van der Waals surface area contributed by atoms with Gasteiger partial charge in [0.15, 0.2) is 0 Å². The lowest BCUT2D eigenvalue weighted by Gasteiger charge is -2.29. The Balaban J connectivity index is 1.83. The smallest absolute Gasteiger partial charge is 0.314 e. The Hall–Kier alpha value is -2.29. The second-order valence-corrected chi connectivity index (χ2v) is 5.99. The number of benzene rings is 2. The fourth-order valence-electron chi connectivity index (χ4n) is 3.81. The third-order valence-electron chi connectivity index (χ3n) is 4.85. The van der Waals surface area contributed by atoms with Crippen molar-refractivity contribution >= 4 is 5.97 Å².